The van der Waals surface area contributed by atoms with Gasteiger partial charge in [-0.3, -0.25) is 4.90 Å². The highest BCUT2D eigenvalue weighted by atomic mass is 79.9. The minimum absolute atomic E-state index is 0.636. The molecule has 0 amide bonds. The summed E-state index contributed by atoms with van der Waals surface area (Å²) in [7, 11) is 0. The van der Waals surface area contributed by atoms with E-state index in [2.05, 4.69) is 56.9 Å². The number of benzene rings is 1. The second-order valence-corrected chi connectivity index (χ2v) is 5.52. The summed E-state index contributed by atoms with van der Waals surface area (Å²) in [6, 6.07) is 8.73. The number of nitrogens with zero attached hydrogens (tertiary/aromatic N) is 3. The van der Waals surface area contributed by atoms with E-state index >= 15 is 0 Å². The van der Waals surface area contributed by atoms with Crippen molar-refractivity contribution in [1.82, 2.24) is 4.90 Å². The van der Waals surface area contributed by atoms with Crippen LogP contribution in [0.25, 0.3) is 0 Å². The SMILES string of the molecule is Cc1cc(N2CCN(CCC#N)CC2)ccc1Br. The molecule has 0 N–H and O–H groups in total. The molecule has 1 aliphatic heterocycles. The third-order valence-corrected chi connectivity index (χ3v) is 4.31. The lowest BCUT2D eigenvalue weighted by molar-refractivity contribution is 0.263. The van der Waals surface area contributed by atoms with Gasteiger partial charge >= 0.3 is 0 Å². The van der Waals surface area contributed by atoms with E-state index in [-0.39, 0.29) is 0 Å². The highest BCUT2D eigenvalue weighted by Crippen LogP contribution is 2.23. The maximum atomic E-state index is 8.59. The largest absolute Gasteiger partial charge is 0.369 e. The molecule has 1 aromatic carbocycles. The lowest BCUT2D eigenvalue weighted by atomic mass is 10.2. The lowest BCUT2D eigenvalue weighted by Gasteiger charge is -2.36. The van der Waals surface area contributed by atoms with Crippen LogP contribution in [0.5, 0.6) is 0 Å². The normalized spacial score (nSPS) is 16.6. The van der Waals surface area contributed by atoms with Crippen LogP contribution in [0.3, 0.4) is 0 Å². The minimum Gasteiger partial charge on any atom is -0.369 e. The van der Waals surface area contributed by atoms with Crippen molar-refractivity contribution in [1.29, 1.82) is 5.26 Å². The van der Waals surface area contributed by atoms with Crippen LogP contribution in [0, 0.1) is 18.3 Å². The maximum Gasteiger partial charge on any atom is 0.0635 e. The molecule has 0 atom stereocenters. The smallest absolute Gasteiger partial charge is 0.0635 e. The Hall–Kier alpha value is -1.05. The van der Waals surface area contributed by atoms with Crippen molar-refractivity contribution >= 4 is 21.6 Å². The number of hydrogen-bond acceptors (Lipinski definition) is 3. The Balaban J connectivity index is 1.93. The lowest BCUT2D eigenvalue weighted by Crippen LogP contribution is -2.46. The average Bonchev–Trinajstić information content (AvgIpc) is 2.40. The summed E-state index contributed by atoms with van der Waals surface area (Å²) < 4.78 is 1.17. The molecule has 0 aliphatic carbocycles. The topological polar surface area (TPSA) is 30.3 Å². The summed E-state index contributed by atoms with van der Waals surface area (Å²) in [6.07, 6.45) is 0.636. The first-order valence-corrected chi connectivity index (χ1v) is 7.10. The van der Waals surface area contributed by atoms with Gasteiger partial charge in [-0.2, -0.15) is 5.26 Å². The third kappa shape index (κ3) is 3.24. The number of piperazine rings is 1. The van der Waals surface area contributed by atoms with Crippen molar-refractivity contribution in [3.63, 3.8) is 0 Å². The monoisotopic (exact) mass is 307 g/mol. The molecule has 4 heteroatoms. The van der Waals surface area contributed by atoms with E-state index in [1.807, 2.05) is 0 Å². The fourth-order valence-electron chi connectivity index (χ4n) is 2.26. The zero-order chi connectivity index (χ0) is 13.0. The average molecular weight is 308 g/mol. The van der Waals surface area contributed by atoms with Crippen LogP contribution >= 0.6 is 15.9 Å². The minimum atomic E-state index is 0.636. The van der Waals surface area contributed by atoms with Crippen molar-refractivity contribution in [2.24, 2.45) is 0 Å². The summed E-state index contributed by atoms with van der Waals surface area (Å²) in [5.41, 5.74) is 2.58. The van der Waals surface area contributed by atoms with Gasteiger partial charge in [-0.25, -0.2) is 0 Å². The standard InChI is InChI=1S/C14H18BrN3/c1-12-11-13(3-4-14(12)15)18-9-7-17(8-10-18)6-2-5-16/h3-4,11H,2,6-10H2,1H3. The number of rotatable bonds is 3. The fraction of sp³-hybridized carbons (Fsp3) is 0.500. The quantitative estimate of drug-likeness (QED) is 0.860. The van der Waals surface area contributed by atoms with Crippen molar-refractivity contribution < 1.29 is 0 Å². The van der Waals surface area contributed by atoms with E-state index in [1.165, 1.54) is 15.7 Å². The summed E-state index contributed by atoms with van der Waals surface area (Å²) in [4.78, 5) is 4.79. The summed E-state index contributed by atoms with van der Waals surface area (Å²) in [5.74, 6) is 0. The van der Waals surface area contributed by atoms with E-state index in [9.17, 15) is 0 Å². The molecule has 0 saturated carbocycles. The van der Waals surface area contributed by atoms with E-state index in [1.54, 1.807) is 0 Å². The maximum absolute atomic E-state index is 8.59. The number of anilines is 1. The van der Waals surface area contributed by atoms with E-state index in [0.717, 1.165) is 32.7 Å². The summed E-state index contributed by atoms with van der Waals surface area (Å²) in [6.45, 7) is 7.23. The molecule has 1 aliphatic rings. The Morgan fingerprint density at radius 1 is 1.28 bits per heavy atom. The Morgan fingerprint density at radius 2 is 2.00 bits per heavy atom. The highest BCUT2D eigenvalue weighted by Gasteiger charge is 2.16. The number of hydrogen-bond donors (Lipinski definition) is 0. The molecule has 1 saturated heterocycles. The predicted molar refractivity (Wildman–Crippen MR) is 77.8 cm³/mol. The second kappa shape index (κ2) is 6.21. The molecule has 96 valence electrons. The Morgan fingerprint density at radius 3 is 2.61 bits per heavy atom. The fourth-order valence-corrected chi connectivity index (χ4v) is 2.51. The highest BCUT2D eigenvalue weighted by molar-refractivity contribution is 9.10. The molecule has 18 heavy (non-hydrogen) atoms. The molecule has 2 rings (SSSR count). The predicted octanol–water partition coefficient (Wildman–Crippen LogP) is 2.79. The van der Waals surface area contributed by atoms with E-state index < -0.39 is 0 Å². The molecule has 1 fully saturated rings. The Bertz CT molecular complexity index is 445. The molecule has 3 nitrogen and oxygen atoms in total. The van der Waals surface area contributed by atoms with Crippen LogP contribution in [0.2, 0.25) is 0 Å². The van der Waals surface area contributed by atoms with Crippen molar-refractivity contribution in [2.45, 2.75) is 13.3 Å². The van der Waals surface area contributed by atoms with Crippen molar-refractivity contribution in [3.8, 4) is 6.07 Å². The van der Waals surface area contributed by atoms with E-state index in [4.69, 9.17) is 5.26 Å². The number of aryl methyl sites for hydroxylation is 1. The molecule has 0 radical (unpaired) electrons. The van der Waals surface area contributed by atoms with Crippen molar-refractivity contribution in [2.75, 3.05) is 37.6 Å². The van der Waals surface area contributed by atoms with Gasteiger partial charge in [0, 0.05) is 49.3 Å². The molecule has 0 bridgehead atoms. The number of halogens is 1. The zero-order valence-corrected chi connectivity index (χ0v) is 12.3. The van der Waals surface area contributed by atoms with E-state index in [0.29, 0.717) is 6.42 Å². The molecule has 1 heterocycles. The van der Waals surface area contributed by atoms with Gasteiger partial charge in [-0.05, 0) is 30.7 Å². The van der Waals surface area contributed by atoms with Crippen LogP contribution in [-0.2, 0) is 0 Å². The first-order chi connectivity index (χ1) is 8.70. The molecule has 1 aromatic rings. The van der Waals surface area contributed by atoms with Gasteiger partial charge in [-0.1, -0.05) is 15.9 Å². The van der Waals surface area contributed by atoms with Crippen LogP contribution < -0.4 is 4.90 Å². The molecule has 0 spiro atoms. The van der Waals surface area contributed by atoms with Crippen LogP contribution in [0.4, 0.5) is 5.69 Å². The van der Waals surface area contributed by atoms with Gasteiger partial charge in [-0.15, -0.1) is 0 Å². The van der Waals surface area contributed by atoms with Crippen molar-refractivity contribution in [3.05, 3.63) is 28.2 Å². The van der Waals surface area contributed by atoms with Gasteiger partial charge in [0.15, 0.2) is 0 Å². The second-order valence-electron chi connectivity index (χ2n) is 4.67. The third-order valence-electron chi connectivity index (χ3n) is 3.42. The first kappa shape index (κ1) is 13.4. The Kier molecular flexibility index (Phi) is 4.62. The van der Waals surface area contributed by atoms with Gasteiger partial charge < -0.3 is 4.90 Å². The van der Waals surface area contributed by atoms with Crippen LogP contribution in [0.15, 0.2) is 22.7 Å². The molecule has 0 unspecified atom stereocenters. The summed E-state index contributed by atoms with van der Waals surface area (Å²) in [5, 5.41) is 8.59. The summed E-state index contributed by atoms with van der Waals surface area (Å²) >= 11 is 3.53. The van der Waals surface area contributed by atoms with Crippen LogP contribution in [-0.4, -0.2) is 37.6 Å². The van der Waals surface area contributed by atoms with Gasteiger partial charge in [0.2, 0.25) is 0 Å². The molecular weight excluding hydrogens is 290 g/mol. The van der Waals surface area contributed by atoms with Gasteiger partial charge in [0.1, 0.15) is 0 Å². The first-order valence-electron chi connectivity index (χ1n) is 6.31. The zero-order valence-electron chi connectivity index (χ0n) is 10.7. The van der Waals surface area contributed by atoms with Crippen LogP contribution in [0.1, 0.15) is 12.0 Å². The Labute approximate surface area is 117 Å². The molecular formula is C14H18BrN3. The number of nitriles is 1. The molecule has 0 aromatic heterocycles. The van der Waals surface area contributed by atoms with Gasteiger partial charge in [0.05, 0.1) is 6.07 Å². The van der Waals surface area contributed by atoms with Gasteiger partial charge in [0.25, 0.3) is 0 Å².